The van der Waals surface area contributed by atoms with Gasteiger partial charge in [-0.1, -0.05) is 48.0 Å². The third-order valence-corrected chi connectivity index (χ3v) is 6.14. The number of rotatable bonds is 8. The van der Waals surface area contributed by atoms with Gasteiger partial charge < -0.3 is 5.32 Å². The molecule has 0 unspecified atom stereocenters. The molecule has 0 aliphatic heterocycles. The second kappa shape index (κ2) is 10.0. The highest BCUT2D eigenvalue weighted by molar-refractivity contribution is 6.01. The monoisotopic (exact) mass is 470 g/mol. The van der Waals surface area contributed by atoms with Gasteiger partial charge in [-0.15, -0.1) is 5.10 Å². The fourth-order valence-corrected chi connectivity index (χ4v) is 3.83. The summed E-state index contributed by atoms with van der Waals surface area (Å²) in [6.45, 7) is 7.84. The number of aryl methyl sites for hydroxylation is 1. The number of nitrogens with one attached hydrogen (secondary N) is 1. The summed E-state index contributed by atoms with van der Waals surface area (Å²) in [4.78, 5) is 33.4. The van der Waals surface area contributed by atoms with Crippen molar-refractivity contribution in [2.45, 2.75) is 52.2 Å². The first-order valence-corrected chi connectivity index (χ1v) is 11.7. The third kappa shape index (κ3) is 5.37. The predicted molar refractivity (Wildman–Crippen MR) is 136 cm³/mol. The van der Waals surface area contributed by atoms with Crippen molar-refractivity contribution in [2.24, 2.45) is 0 Å². The van der Waals surface area contributed by atoms with Crippen molar-refractivity contribution < 1.29 is 9.59 Å². The van der Waals surface area contributed by atoms with Crippen LogP contribution in [0.15, 0.2) is 73.1 Å². The molecule has 1 atom stereocenters. The summed E-state index contributed by atoms with van der Waals surface area (Å²) < 4.78 is 1.56. The lowest BCUT2D eigenvalue weighted by Gasteiger charge is -2.34. The Hall–Kier alpha value is -4.07. The molecule has 4 aromatic rings. The first kappa shape index (κ1) is 24.1. The van der Waals surface area contributed by atoms with Crippen molar-refractivity contribution in [3.8, 4) is 0 Å². The van der Waals surface area contributed by atoms with Crippen LogP contribution in [0.5, 0.6) is 0 Å². The number of nitrogens with zero attached hydrogens (tertiary/aromatic N) is 5. The number of fused-ring (bicyclic) bond motifs is 1. The third-order valence-electron chi connectivity index (χ3n) is 6.14. The SMILES string of the molecule is CCC(C)(C)NC(=O)[C@@H](c1cccnc1)N(C(=O)Cn1nnc2ccccc21)c1ccc(C)cc1. The molecule has 2 aromatic carbocycles. The summed E-state index contributed by atoms with van der Waals surface area (Å²) in [5.41, 5.74) is 3.30. The number of pyridine rings is 1. The van der Waals surface area contributed by atoms with Gasteiger partial charge in [0.15, 0.2) is 0 Å². The van der Waals surface area contributed by atoms with Crippen molar-refractivity contribution in [3.63, 3.8) is 0 Å². The average Bonchev–Trinajstić information content (AvgIpc) is 3.26. The van der Waals surface area contributed by atoms with Crippen molar-refractivity contribution in [1.29, 1.82) is 0 Å². The predicted octanol–water partition coefficient (Wildman–Crippen LogP) is 4.21. The molecule has 2 heterocycles. The highest BCUT2D eigenvalue weighted by Crippen LogP contribution is 2.29. The minimum absolute atomic E-state index is 0.0738. The molecule has 4 rings (SSSR count). The van der Waals surface area contributed by atoms with Crippen LogP contribution in [0.25, 0.3) is 11.0 Å². The summed E-state index contributed by atoms with van der Waals surface area (Å²) in [6.07, 6.45) is 4.01. The summed E-state index contributed by atoms with van der Waals surface area (Å²) in [5.74, 6) is -0.565. The molecule has 0 spiro atoms. The van der Waals surface area contributed by atoms with Crippen molar-refractivity contribution in [1.82, 2.24) is 25.3 Å². The molecule has 35 heavy (non-hydrogen) atoms. The minimum atomic E-state index is -0.917. The van der Waals surface area contributed by atoms with E-state index in [0.29, 0.717) is 16.8 Å². The van der Waals surface area contributed by atoms with Gasteiger partial charge in [-0.3, -0.25) is 19.5 Å². The normalized spacial score (nSPS) is 12.3. The van der Waals surface area contributed by atoms with Crippen LogP contribution in [0, 0.1) is 6.92 Å². The first-order chi connectivity index (χ1) is 16.8. The van der Waals surface area contributed by atoms with Gasteiger partial charge in [0.2, 0.25) is 11.8 Å². The van der Waals surface area contributed by atoms with Crippen LogP contribution in [-0.4, -0.2) is 37.3 Å². The molecule has 8 nitrogen and oxygen atoms in total. The first-order valence-electron chi connectivity index (χ1n) is 11.7. The average molecular weight is 471 g/mol. The van der Waals surface area contributed by atoms with Crippen LogP contribution in [0.3, 0.4) is 0 Å². The zero-order chi connectivity index (χ0) is 25.0. The number of aromatic nitrogens is 4. The van der Waals surface area contributed by atoms with Gasteiger partial charge in [-0.2, -0.15) is 0 Å². The van der Waals surface area contributed by atoms with E-state index < -0.39 is 11.6 Å². The Kier molecular flexibility index (Phi) is 6.91. The lowest BCUT2D eigenvalue weighted by Crippen LogP contribution is -2.51. The molecule has 0 fully saturated rings. The number of anilines is 1. The molecule has 2 amide bonds. The highest BCUT2D eigenvalue weighted by Gasteiger charge is 2.35. The maximum absolute atomic E-state index is 13.9. The Balaban J connectivity index is 1.79. The molecule has 0 aliphatic carbocycles. The standard InChI is InChI=1S/C27H30N6O2/c1-5-27(3,4)29-26(35)25(20-9-8-16-28-17-20)33(21-14-12-19(2)13-15-21)24(34)18-32-23-11-7-6-10-22(23)30-31-32/h6-17,25H,5,18H2,1-4H3,(H,29,35)/t25-/m1/s1. The molecule has 0 saturated carbocycles. The summed E-state index contributed by atoms with van der Waals surface area (Å²) in [7, 11) is 0. The number of carbonyl (C=O) groups is 2. The van der Waals surface area contributed by atoms with Crippen LogP contribution in [0.2, 0.25) is 0 Å². The Morgan fingerprint density at radius 3 is 2.49 bits per heavy atom. The molecule has 1 N–H and O–H groups in total. The van der Waals surface area contributed by atoms with E-state index in [-0.39, 0.29) is 18.4 Å². The molecule has 2 aromatic heterocycles. The fraction of sp³-hybridized carbons (Fsp3) is 0.296. The second-order valence-corrected chi connectivity index (χ2v) is 9.25. The Labute approximate surface area is 205 Å². The van der Waals surface area contributed by atoms with Gasteiger partial charge in [-0.05, 0) is 57.5 Å². The molecular formula is C27H30N6O2. The minimum Gasteiger partial charge on any atom is -0.349 e. The number of para-hydroxylation sites is 1. The van der Waals surface area contributed by atoms with Crippen LogP contribution in [0.4, 0.5) is 5.69 Å². The summed E-state index contributed by atoms with van der Waals surface area (Å²) in [5, 5.41) is 11.5. The topological polar surface area (TPSA) is 93.0 Å². The molecule has 0 aliphatic rings. The lowest BCUT2D eigenvalue weighted by molar-refractivity contribution is -0.128. The molecule has 180 valence electrons. The van der Waals surface area contributed by atoms with E-state index in [2.05, 4.69) is 20.6 Å². The van der Waals surface area contributed by atoms with Crippen LogP contribution in [0.1, 0.15) is 44.4 Å². The number of carbonyl (C=O) groups excluding carboxylic acids is 2. The zero-order valence-corrected chi connectivity index (χ0v) is 20.5. The van der Waals surface area contributed by atoms with E-state index in [0.717, 1.165) is 17.5 Å². The maximum Gasteiger partial charge on any atom is 0.249 e. The van der Waals surface area contributed by atoms with Gasteiger partial charge >= 0.3 is 0 Å². The highest BCUT2D eigenvalue weighted by atomic mass is 16.2. The van der Waals surface area contributed by atoms with Gasteiger partial charge in [0.25, 0.3) is 0 Å². The number of amides is 2. The van der Waals surface area contributed by atoms with E-state index >= 15 is 0 Å². The quantitative estimate of drug-likeness (QED) is 0.416. The van der Waals surface area contributed by atoms with Gasteiger partial charge in [0.1, 0.15) is 18.1 Å². The van der Waals surface area contributed by atoms with Crippen molar-refractivity contribution in [2.75, 3.05) is 4.90 Å². The van der Waals surface area contributed by atoms with Crippen molar-refractivity contribution >= 4 is 28.5 Å². The largest absolute Gasteiger partial charge is 0.349 e. The number of hydrogen-bond acceptors (Lipinski definition) is 5. The van der Waals surface area contributed by atoms with Gasteiger partial charge in [0.05, 0.1) is 5.52 Å². The van der Waals surface area contributed by atoms with Crippen LogP contribution in [-0.2, 0) is 16.1 Å². The van der Waals surface area contributed by atoms with Gasteiger partial charge in [0, 0.05) is 29.2 Å². The molecule has 0 saturated heterocycles. The molecule has 0 bridgehead atoms. The lowest BCUT2D eigenvalue weighted by atomic mass is 9.99. The maximum atomic E-state index is 13.9. The van der Waals surface area contributed by atoms with E-state index in [9.17, 15) is 9.59 Å². The van der Waals surface area contributed by atoms with E-state index in [1.165, 1.54) is 4.90 Å². The number of benzene rings is 2. The molecule has 0 radical (unpaired) electrons. The van der Waals surface area contributed by atoms with Crippen LogP contribution < -0.4 is 10.2 Å². The second-order valence-electron chi connectivity index (χ2n) is 9.25. The van der Waals surface area contributed by atoms with E-state index in [1.54, 1.807) is 23.1 Å². The van der Waals surface area contributed by atoms with Crippen molar-refractivity contribution in [3.05, 3.63) is 84.2 Å². The van der Waals surface area contributed by atoms with E-state index in [4.69, 9.17) is 0 Å². The van der Waals surface area contributed by atoms with Gasteiger partial charge in [-0.25, -0.2) is 4.68 Å². The molecule has 8 heteroatoms. The fourth-order valence-electron chi connectivity index (χ4n) is 3.83. The Morgan fingerprint density at radius 2 is 1.80 bits per heavy atom. The summed E-state index contributed by atoms with van der Waals surface area (Å²) in [6, 6.07) is 17.7. The Bertz CT molecular complexity index is 1310. The zero-order valence-electron chi connectivity index (χ0n) is 20.5. The molecular weight excluding hydrogens is 440 g/mol. The number of hydrogen-bond donors (Lipinski definition) is 1. The van der Waals surface area contributed by atoms with Crippen LogP contribution >= 0.6 is 0 Å². The smallest absolute Gasteiger partial charge is 0.249 e. The Morgan fingerprint density at radius 1 is 1.06 bits per heavy atom. The van der Waals surface area contributed by atoms with E-state index in [1.807, 2.05) is 82.3 Å². The summed E-state index contributed by atoms with van der Waals surface area (Å²) >= 11 is 0.